The van der Waals surface area contributed by atoms with Crippen LogP contribution in [0.5, 0.6) is 0 Å². The summed E-state index contributed by atoms with van der Waals surface area (Å²) in [6.45, 7) is 2.12. The number of aromatic nitrogens is 2. The molecule has 0 fully saturated rings. The van der Waals surface area contributed by atoms with Gasteiger partial charge < -0.3 is 9.30 Å². The molecule has 0 saturated heterocycles. The molecular weight excluding hydrogens is 324 g/mol. The second kappa shape index (κ2) is 8.48. The highest BCUT2D eigenvalue weighted by Gasteiger charge is 2.26. The zero-order valence-corrected chi connectivity index (χ0v) is 15.3. The van der Waals surface area contributed by atoms with E-state index in [0.717, 1.165) is 41.8 Å². The molecule has 4 nitrogen and oxygen atoms in total. The zero-order valence-electron chi connectivity index (χ0n) is 15.3. The molecule has 3 rings (SSSR count). The number of benzene rings is 2. The number of nitrogens with zero attached hydrogens (tertiary/aromatic N) is 2. The third-order valence-corrected chi connectivity index (χ3v) is 4.53. The molecule has 0 aliphatic rings. The zero-order chi connectivity index (χ0) is 18.4. The molecule has 2 aromatic carbocycles. The summed E-state index contributed by atoms with van der Waals surface area (Å²) in [6.07, 6.45) is 4.47. The summed E-state index contributed by atoms with van der Waals surface area (Å²) in [5.74, 6) is -0.229. The topological polar surface area (TPSA) is 44.1 Å². The standard InChI is InChI=1S/C22H24N2O2/c1-3-4-15-19(22(25)26-2)24-16-23-20(17-11-7-5-8-12-17)21(24)18-13-9-6-10-14-18/h5-14,16,19H,3-4,15H2,1-2H3. The first-order valence-electron chi connectivity index (χ1n) is 9.01. The lowest BCUT2D eigenvalue weighted by molar-refractivity contribution is -0.144. The van der Waals surface area contributed by atoms with Gasteiger partial charge in [0.2, 0.25) is 0 Å². The molecule has 4 heteroatoms. The first-order chi connectivity index (χ1) is 12.8. The quantitative estimate of drug-likeness (QED) is 0.557. The van der Waals surface area contributed by atoms with E-state index in [9.17, 15) is 4.79 Å². The van der Waals surface area contributed by atoms with Crippen LogP contribution in [0.2, 0.25) is 0 Å². The second-order valence-corrected chi connectivity index (χ2v) is 6.26. The molecule has 1 heterocycles. The lowest BCUT2D eigenvalue weighted by Crippen LogP contribution is -2.21. The van der Waals surface area contributed by atoms with Crippen LogP contribution >= 0.6 is 0 Å². The minimum atomic E-state index is -0.375. The molecular formula is C22H24N2O2. The van der Waals surface area contributed by atoms with E-state index >= 15 is 0 Å². The Labute approximate surface area is 154 Å². The summed E-state index contributed by atoms with van der Waals surface area (Å²) in [7, 11) is 1.44. The van der Waals surface area contributed by atoms with Gasteiger partial charge in [0.05, 0.1) is 24.8 Å². The van der Waals surface area contributed by atoms with Crippen molar-refractivity contribution in [1.29, 1.82) is 0 Å². The van der Waals surface area contributed by atoms with Crippen LogP contribution < -0.4 is 0 Å². The van der Waals surface area contributed by atoms with E-state index in [2.05, 4.69) is 11.9 Å². The van der Waals surface area contributed by atoms with Gasteiger partial charge in [-0.15, -0.1) is 0 Å². The Morgan fingerprint density at radius 3 is 2.23 bits per heavy atom. The molecule has 0 N–H and O–H groups in total. The van der Waals surface area contributed by atoms with Crippen molar-refractivity contribution in [3.8, 4) is 22.5 Å². The number of carbonyl (C=O) groups is 1. The number of hydrogen-bond donors (Lipinski definition) is 0. The van der Waals surface area contributed by atoms with Crippen molar-refractivity contribution in [2.45, 2.75) is 32.2 Å². The Balaban J connectivity index is 2.16. The molecule has 0 spiro atoms. The largest absolute Gasteiger partial charge is 0.467 e. The van der Waals surface area contributed by atoms with Gasteiger partial charge in [0.1, 0.15) is 6.04 Å². The van der Waals surface area contributed by atoms with Crippen LogP contribution in [0.4, 0.5) is 0 Å². The van der Waals surface area contributed by atoms with Crippen LogP contribution in [0.15, 0.2) is 67.0 Å². The predicted octanol–water partition coefficient (Wildman–Crippen LogP) is 5.12. The summed E-state index contributed by atoms with van der Waals surface area (Å²) in [4.78, 5) is 17.1. The Bertz CT molecular complexity index is 841. The summed E-state index contributed by atoms with van der Waals surface area (Å²) >= 11 is 0. The van der Waals surface area contributed by atoms with Crippen LogP contribution in [-0.2, 0) is 9.53 Å². The molecule has 0 saturated carbocycles. The highest BCUT2D eigenvalue weighted by atomic mass is 16.5. The van der Waals surface area contributed by atoms with E-state index in [0.29, 0.717) is 0 Å². The van der Waals surface area contributed by atoms with Crippen LogP contribution in [0.1, 0.15) is 32.2 Å². The average Bonchev–Trinajstić information content (AvgIpc) is 3.14. The maximum atomic E-state index is 12.5. The predicted molar refractivity (Wildman–Crippen MR) is 104 cm³/mol. The summed E-state index contributed by atoms with van der Waals surface area (Å²) < 4.78 is 7.05. The molecule has 134 valence electrons. The van der Waals surface area contributed by atoms with Crippen molar-refractivity contribution in [2.75, 3.05) is 7.11 Å². The number of esters is 1. The maximum Gasteiger partial charge on any atom is 0.328 e. The van der Waals surface area contributed by atoms with Gasteiger partial charge in [-0.3, -0.25) is 0 Å². The van der Waals surface area contributed by atoms with Gasteiger partial charge in [0, 0.05) is 11.1 Å². The van der Waals surface area contributed by atoms with Crippen molar-refractivity contribution in [3.63, 3.8) is 0 Å². The fourth-order valence-electron chi connectivity index (χ4n) is 3.19. The third kappa shape index (κ3) is 3.69. The van der Waals surface area contributed by atoms with E-state index in [1.54, 1.807) is 6.33 Å². The Morgan fingerprint density at radius 1 is 1.04 bits per heavy atom. The number of carbonyl (C=O) groups excluding carboxylic acids is 1. The summed E-state index contributed by atoms with van der Waals surface area (Å²) in [6, 6.07) is 19.8. The third-order valence-electron chi connectivity index (χ3n) is 4.53. The fraction of sp³-hybridized carbons (Fsp3) is 0.273. The fourth-order valence-corrected chi connectivity index (χ4v) is 3.19. The van der Waals surface area contributed by atoms with Gasteiger partial charge in [0.15, 0.2) is 0 Å². The molecule has 1 unspecified atom stereocenters. The minimum Gasteiger partial charge on any atom is -0.467 e. The number of ether oxygens (including phenoxy) is 1. The number of imidazole rings is 1. The number of methoxy groups -OCH3 is 1. The van der Waals surface area contributed by atoms with Gasteiger partial charge in [-0.2, -0.15) is 0 Å². The lowest BCUT2D eigenvalue weighted by Gasteiger charge is -2.19. The normalized spacial score (nSPS) is 11.9. The SMILES string of the molecule is CCCCC(C(=O)OC)n1cnc(-c2ccccc2)c1-c1ccccc1. The van der Waals surface area contributed by atoms with Crippen LogP contribution in [0.3, 0.4) is 0 Å². The maximum absolute atomic E-state index is 12.5. The van der Waals surface area contributed by atoms with Gasteiger partial charge in [-0.1, -0.05) is 80.4 Å². The Hall–Kier alpha value is -2.88. The molecule has 0 aliphatic heterocycles. The minimum absolute atomic E-state index is 0.229. The van der Waals surface area contributed by atoms with Crippen molar-refractivity contribution < 1.29 is 9.53 Å². The van der Waals surface area contributed by atoms with E-state index in [-0.39, 0.29) is 12.0 Å². The molecule has 26 heavy (non-hydrogen) atoms. The molecule has 1 aromatic heterocycles. The van der Waals surface area contributed by atoms with E-state index in [4.69, 9.17) is 4.74 Å². The van der Waals surface area contributed by atoms with E-state index < -0.39 is 0 Å². The molecule has 0 aliphatic carbocycles. The van der Waals surface area contributed by atoms with Gasteiger partial charge >= 0.3 is 5.97 Å². The van der Waals surface area contributed by atoms with Crippen LogP contribution in [-0.4, -0.2) is 22.6 Å². The number of rotatable bonds is 7. The van der Waals surface area contributed by atoms with Crippen molar-refractivity contribution in [2.24, 2.45) is 0 Å². The highest BCUT2D eigenvalue weighted by molar-refractivity contribution is 5.81. The Morgan fingerprint density at radius 2 is 1.65 bits per heavy atom. The van der Waals surface area contributed by atoms with Crippen molar-refractivity contribution in [3.05, 3.63) is 67.0 Å². The molecule has 3 aromatic rings. The van der Waals surface area contributed by atoms with E-state index in [1.807, 2.05) is 65.2 Å². The van der Waals surface area contributed by atoms with Gasteiger partial charge in [-0.05, 0) is 6.42 Å². The monoisotopic (exact) mass is 348 g/mol. The molecule has 0 bridgehead atoms. The summed E-state index contributed by atoms with van der Waals surface area (Å²) in [5.41, 5.74) is 3.89. The van der Waals surface area contributed by atoms with Gasteiger partial charge in [-0.25, -0.2) is 9.78 Å². The van der Waals surface area contributed by atoms with Crippen molar-refractivity contribution in [1.82, 2.24) is 9.55 Å². The molecule has 0 radical (unpaired) electrons. The van der Waals surface area contributed by atoms with Crippen LogP contribution in [0.25, 0.3) is 22.5 Å². The average molecular weight is 348 g/mol. The summed E-state index contributed by atoms with van der Waals surface area (Å²) in [5, 5.41) is 0. The molecule has 1 atom stereocenters. The van der Waals surface area contributed by atoms with Crippen LogP contribution in [0, 0.1) is 0 Å². The lowest BCUT2D eigenvalue weighted by atomic mass is 10.0. The van der Waals surface area contributed by atoms with E-state index in [1.165, 1.54) is 7.11 Å². The first-order valence-corrected chi connectivity index (χ1v) is 9.01. The van der Waals surface area contributed by atoms with Crippen molar-refractivity contribution >= 4 is 5.97 Å². The smallest absolute Gasteiger partial charge is 0.328 e. The number of unbranched alkanes of at least 4 members (excludes halogenated alkanes) is 1. The van der Waals surface area contributed by atoms with Gasteiger partial charge in [0.25, 0.3) is 0 Å². The molecule has 0 amide bonds. The second-order valence-electron chi connectivity index (χ2n) is 6.26. The Kier molecular flexibility index (Phi) is 5.84. The number of hydrogen-bond acceptors (Lipinski definition) is 3. The highest BCUT2D eigenvalue weighted by Crippen LogP contribution is 2.34. The first kappa shape index (κ1) is 17.9.